The number of nitrogens with zero attached hydrogens (tertiary/aromatic N) is 3. The smallest absolute Gasteiger partial charge is 0.358 e. The van der Waals surface area contributed by atoms with Gasteiger partial charge in [0.2, 0.25) is 0 Å². The van der Waals surface area contributed by atoms with Crippen molar-refractivity contribution >= 4 is 34.9 Å². The molecule has 0 amide bonds. The number of benzene rings is 1. The van der Waals surface area contributed by atoms with E-state index < -0.39 is 23.6 Å². The summed E-state index contributed by atoms with van der Waals surface area (Å²) in [5, 5.41) is 8.16. The van der Waals surface area contributed by atoms with Crippen LogP contribution in [0.15, 0.2) is 18.2 Å². The summed E-state index contributed by atoms with van der Waals surface area (Å²) in [5.41, 5.74) is 2.31. The van der Waals surface area contributed by atoms with Crippen molar-refractivity contribution in [3.63, 3.8) is 0 Å². The first kappa shape index (κ1) is 26.7. The minimum Gasteiger partial charge on any atom is -0.490 e. The molecule has 4 rings (SSSR count). The van der Waals surface area contributed by atoms with Crippen LogP contribution in [-0.2, 0) is 19.0 Å². The van der Waals surface area contributed by atoms with Crippen LogP contribution in [-0.4, -0.2) is 58.5 Å². The van der Waals surface area contributed by atoms with E-state index in [9.17, 15) is 9.59 Å². The third-order valence-corrected chi connectivity index (χ3v) is 5.96. The predicted molar refractivity (Wildman–Crippen MR) is 138 cm³/mol. The van der Waals surface area contributed by atoms with Gasteiger partial charge < -0.3 is 24.3 Å². The van der Waals surface area contributed by atoms with Crippen LogP contribution < -0.4 is 10.1 Å². The molecule has 198 valence electrons. The Hall–Kier alpha value is -3.37. The Labute approximate surface area is 220 Å². The second-order valence-corrected chi connectivity index (χ2v) is 9.80. The normalized spacial score (nSPS) is 13.9. The highest BCUT2D eigenvalue weighted by Crippen LogP contribution is 2.44. The van der Waals surface area contributed by atoms with Crippen molar-refractivity contribution in [1.29, 1.82) is 0 Å². The highest BCUT2D eigenvalue weighted by Gasteiger charge is 2.35. The molecule has 0 unspecified atom stereocenters. The van der Waals surface area contributed by atoms with E-state index in [0.717, 1.165) is 0 Å². The van der Waals surface area contributed by atoms with Gasteiger partial charge in [-0.2, -0.15) is 5.10 Å². The Morgan fingerprint density at radius 3 is 2.62 bits per heavy atom. The first-order valence-corrected chi connectivity index (χ1v) is 12.5. The lowest BCUT2D eigenvalue weighted by Crippen LogP contribution is -2.30. The van der Waals surface area contributed by atoms with Gasteiger partial charge in [-0.1, -0.05) is 11.6 Å². The molecule has 1 N–H and O–H groups in total. The number of fused-ring (bicyclic) bond motifs is 2. The standard InChI is InChI=1S/C26H31ClN4O6/c1-7-34-24(32)16-13-18-29-14(3)19(23(25(33)35-8-2)37-26(4,5)6)22(31(18)30-16)15-9-10-17-21(20(15)27)28-11-12-36-17/h9-10,13,23,28H,7-8,11-12H2,1-6H3/t23-/m0/s1. The maximum Gasteiger partial charge on any atom is 0.358 e. The Balaban J connectivity index is 2.06. The third kappa shape index (κ3) is 5.35. The maximum absolute atomic E-state index is 13.3. The number of nitrogens with one attached hydrogen (secondary N) is 1. The number of aryl methyl sites for hydroxylation is 1. The number of carbonyl (C=O) groups excluding carboxylic acids is 2. The molecule has 1 aliphatic heterocycles. The summed E-state index contributed by atoms with van der Waals surface area (Å²) in [6, 6.07) is 5.13. The van der Waals surface area contributed by atoms with E-state index in [4.69, 9.17) is 30.5 Å². The molecular formula is C26H31ClN4O6. The van der Waals surface area contributed by atoms with Crippen molar-refractivity contribution in [3.8, 4) is 17.0 Å². The zero-order chi connectivity index (χ0) is 26.9. The molecule has 1 atom stereocenters. The van der Waals surface area contributed by atoms with Gasteiger partial charge in [-0.05, 0) is 53.7 Å². The lowest BCUT2D eigenvalue weighted by atomic mass is 9.98. The van der Waals surface area contributed by atoms with E-state index in [0.29, 0.717) is 57.8 Å². The molecule has 37 heavy (non-hydrogen) atoms. The molecule has 0 aliphatic carbocycles. The first-order chi connectivity index (χ1) is 17.6. The van der Waals surface area contributed by atoms with Gasteiger partial charge >= 0.3 is 11.9 Å². The maximum atomic E-state index is 13.3. The van der Waals surface area contributed by atoms with Gasteiger partial charge in [0.1, 0.15) is 12.4 Å². The molecule has 0 saturated heterocycles. The zero-order valence-electron chi connectivity index (χ0n) is 21.8. The molecule has 3 heterocycles. The second-order valence-electron chi connectivity index (χ2n) is 9.42. The van der Waals surface area contributed by atoms with E-state index in [1.807, 2.05) is 20.8 Å². The summed E-state index contributed by atoms with van der Waals surface area (Å²) >= 11 is 6.93. The van der Waals surface area contributed by atoms with Crippen LogP contribution in [0.4, 0.5) is 5.69 Å². The number of rotatable bonds is 7. The Morgan fingerprint density at radius 1 is 1.22 bits per heavy atom. The number of halogens is 1. The molecule has 0 fully saturated rings. The zero-order valence-corrected chi connectivity index (χ0v) is 22.6. The molecule has 0 spiro atoms. The van der Waals surface area contributed by atoms with E-state index >= 15 is 0 Å². The van der Waals surface area contributed by atoms with E-state index in [2.05, 4.69) is 15.4 Å². The highest BCUT2D eigenvalue weighted by molar-refractivity contribution is 6.36. The van der Waals surface area contributed by atoms with Crippen LogP contribution in [0.25, 0.3) is 16.9 Å². The van der Waals surface area contributed by atoms with E-state index in [1.54, 1.807) is 32.9 Å². The third-order valence-electron chi connectivity index (χ3n) is 5.57. The summed E-state index contributed by atoms with van der Waals surface area (Å²) in [4.78, 5) is 30.5. The largest absolute Gasteiger partial charge is 0.490 e. The Bertz CT molecular complexity index is 1350. The van der Waals surface area contributed by atoms with Crippen molar-refractivity contribution in [2.24, 2.45) is 0 Å². The lowest BCUT2D eigenvalue weighted by molar-refractivity contribution is -0.166. The fraction of sp³-hybridized carbons (Fsp3) is 0.462. The average molecular weight is 531 g/mol. The first-order valence-electron chi connectivity index (χ1n) is 12.2. The molecule has 1 aliphatic rings. The predicted octanol–water partition coefficient (Wildman–Crippen LogP) is 4.76. The van der Waals surface area contributed by atoms with E-state index in [1.165, 1.54) is 10.6 Å². The fourth-order valence-electron chi connectivity index (χ4n) is 4.17. The van der Waals surface area contributed by atoms with Crippen LogP contribution in [0, 0.1) is 6.92 Å². The SMILES string of the molecule is CCOC(=O)c1cc2nc(C)c([C@H](OC(C)(C)C)C(=O)OCC)c(-c3ccc4c(c3Cl)NCCO4)n2n1. The quantitative estimate of drug-likeness (QED) is 0.432. The molecule has 2 aromatic heterocycles. The number of aromatic nitrogens is 3. The number of hydrogen-bond acceptors (Lipinski definition) is 9. The number of anilines is 1. The number of carbonyl (C=O) groups is 2. The lowest BCUT2D eigenvalue weighted by Gasteiger charge is -2.29. The minimum atomic E-state index is -1.14. The molecule has 0 radical (unpaired) electrons. The van der Waals surface area contributed by atoms with Gasteiger partial charge in [-0.15, -0.1) is 0 Å². The van der Waals surface area contributed by atoms with Crippen LogP contribution in [0.1, 0.15) is 62.5 Å². The van der Waals surface area contributed by atoms with Crippen LogP contribution in [0.3, 0.4) is 0 Å². The minimum absolute atomic E-state index is 0.0760. The van der Waals surface area contributed by atoms with Crippen molar-refractivity contribution in [2.45, 2.75) is 53.2 Å². The van der Waals surface area contributed by atoms with Crippen molar-refractivity contribution in [2.75, 3.05) is 31.7 Å². The van der Waals surface area contributed by atoms with Crippen LogP contribution in [0.2, 0.25) is 5.02 Å². The number of ether oxygens (including phenoxy) is 4. The van der Waals surface area contributed by atoms with E-state index in [-0.39, 0.29) is 18.9 Å². The summed E-state index contributed by atoms with van der Waals surface area (Å²) in [7, 11) is 0. The van der Waals surface area contributed by atoms with Gasteiger partial charge in [-0.3, -0.25) is 0 Å². The molecule has 11 heteroatoms. The molecule has 0 saturated carbocycles. The van der Waals surface area contributed by atoms with Gasteiger partial charge in [0.15, 0.2) is 17.4 Å². The molecule has 10 nitrogen and oxygen atoms in total. The van der Waals surface area contributed by atoms with Crippen LogP contribution in [0.5, 0.6) is 5.75 Å². The number of hydrogen-bond donors (Lipinski definition) is 1. The highest BCUT2D eigenvalue weighted by atomic mass is 35.5. The Kier molecular flexibility index (Phi) is 7.61. The fourth-order valence-corrected chi connectivity index (χ4v) is 4.48. The average Bonchev–Trinajstić information content (AvgIpc) is 3.26. The summed E-state index contributed by atoms with van der Waals surface area (Å²) < 4.78 is 24.0. The summed E-state index contributed by atoms with van der Waals surface area (Å²) in [6.45, 7) is 12.2. The second kappa shape index (κ2) is 10.5. The van der Waals surface area contributed by atoms with Gasteiger partial charge in [0, 0.05) is 29.4 Å². The molecular weight excluding hydrogens is 500 g/mol. The molecule has 1 aromatic carbocycles. The Morgan fingerprint density at radius 2 is 1.95 bits per heavy atom. The molecule has 3 aromatic rings. The topological polar surface area (TPSA) is 113 Å². The van der Waals surface area contributed by atoms with Crippen molar-refractivity contribution < 1.29 is 28.5 Å². The monoisotopic (exact) mass is 530 g/mol. The molecule has 0 bridgehead atoms. The van der Waals surface area contributed by atoms with Gasteiger partial charge in [-0.25, -0.2) is 19.1 Å². The summed E-state index contributed by atoms with van der Waals surface area (Å²) in [5.74, 6) is -0.544. The summed E-state index contributed by atoms with van der Waals surface area (Å²) in [6.07, 6.45) is -1.14. The van der Waals surface area contributed by atoms with Crippen molar-refractivity contribution in [3.05, 3.63) is 40.2 Å². The van der Waals surface area contributed by atoms with Crippen LogP contribution >= 0.6 is 11.6 Å². The van der Waals surface area contributed by atoms with Crippen molar-refractivity contribution in [1.82, 2.24) is 14.6 Å². The number of esters is 2. The van der Waals surface area contributed by atoms with Gasteiger partial charge in [0.05, 0.1) is 35.2 Å². The van der Waals surface area contributed by atoms with Gasteiger partial charge in [0.25, 0.3) is 0 Å².